The average molecular weight is 227 g/mol. The van der Waals surface area contributed by atoms with Gasteiger partial charge in [-0.05, 0) is 18.6 Å². The number of aliphatic hydroxyl groups is 3. The van der Waals surface area contributed by atoms with Gasteiger partial charge in [0, 0.05) is 13.5 Å². The zero-order chi connectivity index (χ0) is 12.6. The van der Waals surface area contributed by atoms with E-state index in [1.807, 2.05) is 0 Å². The van der Waals surface area contributed by atoms with Crippen molar-refractivity contribution < 1.29 is 20.1 Å². The Bertz CT molecular complexity index is 318. The monoisotopic (exact) mass is 227 g/mol. The number of nitrogens with one attached hydrogen (secondary N) is 1. The van der Waals surface area contributed by atoms with Crippen LogP contribution in [0, 0.1) is 0 Å². The van der Waals surface area contributed by atoms with Gasteiger partial charge in [0.1, 0.15) is 18.1 Å². The summed E-state index contributed by atoms with van der Waals surface area (Å²) in [6.45, 7) is 1.75. The van der Waals surface area contributed by atoms with E-state index in [2.05, 4.69) is 5.32 Å². The summed E-state index contributed by atoms with van der Waals surface area (Å²) in [6.07, 6.45) is 4.05. The summed E-state index contributed by atoms with van der Waals surface area (Å²) >= 11 is 0. The largest absolute Gasteiger partial charge is 0.512 e. The van der Waals surface area contributed by atoms with E-state index in [0.717, 1.165) is 0 Å². The molecule has 0 heterocycles. The summed E-state index contributed by atoms with van der Waals surface area (Å²) < 4.78 is 0. The number of carbonyl (C=O) groups excluding carboxylic acids is 1. The van der Waals surface area contributed by atoms with Crippen molar-refractivity contribution in [1.29, 1.82) is 0 Å². The molecule has 0 aliphatic heterocycles. The van der Waals surface area contributed by atoms with Gasteiger partial charge in [-0.25, -0.2) is 0 Å². The number of rotatable bonds is 5. The molecule has 0 aromatic carbocycles. The summed E-state index contributed by atoms with van der Waals surface area (Å²) in [5.74, 6) is -0.761. The molecule has 1 unspecified atom stereocenters. The third kappa shape index (κ3) is 5.21. The highest BCUT2D eigenvalue weighted by Crippen LogP contribution is 2.08. The third-order valence-electron chi connectivity index (χ3n) is 1.95. The molecule has 5 nitrogen and oxygen atoms in total. The van der Waals surface area contributed by atoms with Crippen LogP contribution in [0.25, 0.3) is 0 Å². The van der Waals surface area contributed by atoms with Crippen molar-refractivity contribution in [2.24, 2.45) is 0 Å². The average Bonchev–Trinajstić information content (AvgIpc) is 2.32. The van der Waals surface area contributed by atoms with Gasteiger partial charge >= 0.3 is 0 Å². The minimum atomic E-state index is -1.12. The highest BCUT2D eigenvalue weighted by molar-refractivity contribution is 5.80. The lowest BCUT2D eigenvalue weighted by atomic mass is 10.1. The van der Waals surface area contributed by atoms with Crippen molar-refractivity contribution in [3.8, 4) is 0 Å². The molecule has 0 bridgehead atoms. The first-order valence-corrected chi connectivity index (χ1v) is 4.81. The van der Waals surface area contributed by atoms with Gasteiger partial charge in [0.2, 0.25) is 5.91 Å². The number of likely N-dealkylation sites (N-methyl/N-ethyl adjacent to an activating group) is 1. The van der Waals surface area contributed by atoms with Gasteiger partial charge in [0.25, 0.3) is 0 Å². The van der Waals surface area contributed by atoms with Crippen LogP contribution in [0.15, 0.2) is 35.8 Å². The van der Waals surface area contributed by atoms with Gasteiger partial charge in [-0.3, -0.25) is 4.79 Å². The summed E-state index contributed by atoms with van der Waals surface area (Å²) in [7, 11) is 1.44. The van der Waals surface area contributed by atoms with Crippen LogP contribution in [0.1, 0.15) is 13.3 Å². The van der Waals surface area contributed by atoms with Gasteiger partial charge in [0.15, 0.2) is 0 Å². The van der Waals surface area contributed by atoms with Gasteiger partial charge in [-0.15, -0.1) is 0 Å². The van der Waals surface area contributed by atoms with Gasteiger partial charge < -0.3 is 20.6 Å². The smallest absolute Gasteiger partial charge is 0.248 e. The summed E-state index contributed by atoms with van der Waals surface area (Å²) in [5, 5.41) is 29.1. The van der Waals surface area contributed by atoms with E-state index >= 15 is 0 Å². The minimum Gasteiger partial charge on any atom is -0.512 e. The molecule has 5 heteroatoms. The number of amides is 1. The molecule has 1 atom stereocenters. The molecule has 90 valence electrons. The molecule has 0 spiro atoms. The van der Waals surface area contributed by atoms with Gasteiger partial charge in [-0.2, -0.15) is 0 Å². The second-order valence-corrected chi connectivity index (χ2v) is 3.09. The lowest BCUT2D eigenvalue weighted by Gasteiger charge is -2.09. The molecule has 16 heavy (non-hydrogen) atoms. The van der Waals surface area contributed by atoms with Crippen molar-refractivity contribution in [3.05, 3.63) is 35.8 Å². The number of hydrogen-bond donors (Lipinski definition) is 4. The second-order valence-electron chi connectivity index (χ2n) is 3.09. The molecule has 0 saturated heterocycles. The van der Waals surface area contributed by atoms with Crippen molar-refractivity contribution in [3.63, 3.8) is 0 Å². The van der Waals surface area contributed by atoms with Crippen LogP contribution >= 0.6 is 0 Å². The van der Waals surface area contributed by atoms with Crippen molar-refractivity contribution >= 4 is 5.91 Å². The molecule has 0 radical (unpaired) electrons. The number of aliphatic hydroxyl groups excluding tert-OH is 3. The highest BCUT2D eigenvalue weighted by atomic mass is 16.3. The quantitative estimate of drug-likeness (QED) is 0.415. The van der Waals surface area contributed by atoms with E-state index in [1.54, 1.807) is 13.0 Å². The number of allylic oxidation sites excluding steroid dienone is 3. The van der Waals surface area contributed by atoms with Crippen molar-refractivity contribution in [2.75, 3.05) is 7.05 Å². The Morgan fingerprint density at radius 3 is 2.50 bits per heavy atom. The Morgan fingerprint density at radius 1 is 1.44 bits per heavy atom. The Kier molecular flexibility index (Phi) is 6.71. The van der Waals surface area contributed by atoms with Crippen LogP contribution in [0.3, 0.4) is 0 Å². The number of hydrogen-bond acceptors (Lipinski definition) is 4. The lowest BCUT2D eigenvalue weighted by molar-refractivity contribution is -0.128. The zero-order valence-corrected chi connectivity index (χ0v) is 9.34. The molecule has 0 aliphatic rings. The molecule has 0 rings (SSSR count). The topological polar surface area (TPSA) is 89.8 Å². The first kappa shape index (κ1) is 14.2. The molecule has 1 amide bonds. The van der Waals surface area contributed by atoms with Gasteiger partial charge in [-0.1, -0.05) is 12.2 Å². The predicted molar refractivity (Wildman–Crippen MR) is 60.9 cm³/mol. The second kappa shape index (κ2) is 7.53. The molecule has 4 N–H and O–H groups in total. The number of carbonyl (C=O) groups is 1. The molecule has 0 fully saturated rings. The summed E-state index contributed by atoms with van der Waals surface area (Å²) in [5.41, 5.74) is 0.671. The highest BCUT2D eigenvalue weighted by Gasteiger charge is 2.13. The van der Waals surface area contributed by atoms with Crippen LogP contribution in [0.4, 0.5) is 0 Å². The Balaban J connectivity index is 4.44. The zero-order valence-electron chi connectivity index (χ0n) is 9.34. The Morgan fingerprint density at radius 2 is 2.06 bits per heavy atom. The Hall–Kier alpha value is -1.75. The normalized spacial score (nSPS) is 15.2. The van der Waals surface area contributed by atoms with Crippen LogP contribution in [0.2, 0.25) is 0 Å². The molecule has 0 aromatic rings. The molecule has 0 aliphatic carbocycles. The summed E-state index contributed by atoms with van der Waals surface area (Å²) in [6, 6.07) is 0. The standard InChI is InChI=1S/C11H17NO4/c1-3-8(4-5-9(14)7-13)6-10(15)11(16)12-2/h3-5,7,10,13-15H,6H2,1-2H3,(H,12,16)/b5-4-,8-3+,9-7-. The Labute approximate surface area is 94.4 Å². The third-order valence-corrected chi connectivity index (χ3v) is 1.95. The van der Waals surface area contributed by atoms with E-state index in [-0.39, 0.29) is 12.2 Å². The summed E-state index contributed by atoms with van der Waals surface area (Å²) in [4.78, 5) is 11.0. The van der Waals surface area contributed by atoms with E-state index in [4.69, 9.17) is 10.2 Å². The molecule has 0 saturated carbocycles. The molecular formula is C11H17NO4. The minimum absolute atomic E-state index is 0.144. The van der Waals surface area contributed by atoms with Crippen LogP contribution in [-0.4, -0.2) is 34.4 Å². The molecule has 0 aromatic heterocycles. The van der Waals surface area contributed by atoms with Crippen LogP contribution in [-0.2, 0) is 4.79 Å². The van der Waals surface area contributed by atoms with E-state index in [1.165, 1.54) is 19.2 Å². The first-order valence-electron chi connectivity index (χ1n) is 4.81. The van der Waals surface area contributed by atoms with Crippen molar-refractivity contribution in [1.82, 2.24) is 5.32 Å². The maximum absolute atomic E-state index is 11.0. The van der Waals surface area contributed by atoms with E-state index in [0.29, 0.717) is 11.8 Å². The fraction of sp³-hybridized carbons (Fsp3) is 0.364. The lowest BCUT2D eigenvalue weighted by Crippen LogP contribution is -2.31. The molecular weight excluding hydrogens is 210 g/mol. The van der Waals surface area contributed by atoms with Crippen molar-refractivity contribution in [2.45, 2.75) is 19.4 Å². The maximum atomic E-state index is 11.0. The van der Waals surface area contributed by atoms with Gasteiger partial charge in [0.05, 0.1) is 0 Å². The van der Waals surface area contributed by atoms with E-state index < -0.39 is 12.0 Å². The van der Waals surface area contributed by atoms with Crippen LogP contribution in [0.5, 0.6) is 0 Å². The SMILES string of the molecule is C\C=C(/C=C\C(O)=C\O)CC(O)C(=O)NC. The predicted octanol–water partition coefficient (Wildman–Crippen LogP) is 0.943. The fourth-order valence-corrected chi connectivity index (χ4v) is 1.00. The van der Waals surface area contributed by atoms with E-state index in [9.17, 15) is 9.90 Å². The van der Waals surface area contributed by atoms with Crippen LogP contribution < -0.4 is 5.32 Å². The first-order chi connectivity index (χ1) is 7.54. The maximum Gasteiger partial charge on any atom is 0.248 e. The fourth-order valence-electron chi connectivity index (χ4n) is 1.00.